The van der Waals surface area contributed by atoms with Gasteiger partial charge in [0.05, 0.1) is 5.56 Å². The molecular formula is C13H10BrClN2O. The lowest BCUT2D eigenvalue weighted by atomic mass is 10.1. The predicted octanol–water partition coefficient (Wildman–Crippen LogP) is 3.53. The molecular weight excluding hydrogens is 316 g/mol. The van der Waals surface area contributed by atoms with E-state index in [1.165, 1.54) is 6.20 Å². The van der Waals surface area contributed by atoms with Crippen LogP contribution in [0.5, 0.6) is 0 Å². The van der Waals surface area contributed by atoms with Gasteiger partial charge in [-0.1, -0.05) is 58.4 Å². The molecule has 1 aromatic carbocycles. The molecule has 0 bridgehead atoms. The quantitative estimate of drug-likeness (QED) is 0.877. The van der Waals surface area contributed by atoms with Crippen molar-refractivity contribution in [1.29, 1.82) is 0 Å². The van der Waals surface area contributed by atoms with Gasteiger partial charge in [-0.05, 0) is 5.39 Å². The number of fused-ring (bicyclic) bond motifs is 1. The van der Waals surface area contributed by atoms with E-state index in [-0.39, 0.29) is 5.91 Å². The van der Waals surface area contributed by atoms with Gasteiger partial charge in [0, 0.05) is 22.6 Å². The lowest BCUT2D eigenvalue weighted by molar-refractivity contribution is 0.0959. The Morgan fingerprint density at radius 1 is 1.39 bits per heavy atom. The third kappa shape index (κ3) is 2.71. The number of amides is 1. The van der Waals surface area contributed by atoms with E-state index in [1.54, 1.807) is 0 Å². The zero-order valence-corrected chi connectivity index (χ0v) is 11.8. The normalized spacial score (nSPS) is 10.3. The number of hydrogen-bond donors (Lipinski definition) is 1. The van der Waals surface area contributed by atoms with Crippen molar-refractivity contribution in [1.82, 2.24) is 10.3 Å². The molecule has 5 heteroatoms. The summed E-state index contributed by atoms with van der Waals surface area (Å²) in [6.07, 6.45) is 1.48. The highest BCUT2D eigenvalue weighted by atomic mass is 79.9. The molecule has 1 heterocycles. The zero-order valence-electron chi connectivity index (χ0n) is 9.41. The van der Waals surface area contributed by atoms with Gasteiger partial charge in [0.15, 0.2) is 0 Å². The van der Waals surface area contributed by atoms with Crippen LogP contribution in [0, 0.1) is 0 Å². The van der Waals surface area contributed by atoms with Crippen molar-refractivity contribution < 1.29 is 4.79 Å². The first-order valence-electron chi connectivity index (χ1n) is 5.24. The Morgan fingerprint density at radius 2 is 2.06 bits per heavy atom. The molecule has 0 fully saturated rings. The second-order valence-electron chi connectivity index (χ2n) is 3.71. The minimum absolute atomic E-state index is 0.198. The Bertz CT molecular complexity index is 627. The third-order valence-electron chi connectivity index (χ3n) is 2.43. The highest BCUT2D eigenvalue weighted by Gasteiger charge is 2.12. The maximum atomic E-state index is 12.0. The first-order chi connectivity index (χ1) is 8.59. The number of hydrogen-bond acceptors (Lipinski definition) is 2. The van der Waals surface area contributed by atoms with E-state index in [9.17, 15) is 4.79 Å². The number of rotatable bonds is 3. The van der Waals surface area contributed by atoms with E-state index in [0.29, 0.717) is 21.7 Å². The molecule has 0 radical (unpaired) electrons. The molecule has 0 aliphatic carbocycles. The van der Waals surface area contributed by atoms with Gasteiger partial charge in [0.2, 0.25) is 0 Å². The minimum Gasteiger partial charge on any atom is -0.347 e. The molecule has 0 saturated heterocycles. The fraction of sp³-hybridized carbons (Fsp3) is 0.0769. The summed E-state index contributed by atoms with van der Waals surface area (Å²) < 4.78 is 0.710. The first-order valence-corrected chi connectivity index (χ1v) is 6.41. The second-order valence-corrected chi connectivity index (χ2v) is 5.19. The summed E-state index contributed by atoms with van der Waals surface area (Å²) in [5, 5.41) is 4.69. The van der Waals surface area contributed by atoms with Gasteiger partial charge >= 0.3 is 0 Å². The molecule has 2 aromatic rings. The molecule has 0 unspecified atom stereocenters. The third-order valence-corrected chi connectivity index (χ3v) is 3.01. The Morgan fingerprint density at radius 3 is 2.72 bits per heavy atom. The number of aromatic nitrogens is 1. The number of carbonyl (C=O) groups excluding carboxylic acids is 1. The van der Waals surface area contributed by atoms with Crippen LogP contribution in [-0.2, 0) is 0 Å². The average molecular weight is 326 g/mol. The summed E-state index contributed by atoms with van der Waals surface area (Å²) in [5.74, 6) is -0.198. The molecule has 1 aromatic heterocycles. The number of carbonyl (C=O) groups is 1. The molecule has 3 nitrogen and oxygen atoms in total. The fourth-order valence-electron chi connectivity index (χ4n) is 1.61. The zero-order chi connectivity index (χ0) is 13.1. The van der Waals surface area contributed by atoms with Crippen molar-refractivity contribution in [3.8, 4) is 0 Å². The second kappa shape index (κ2) is 5.50. The van der Waals surface area contributed by atoms with Crippen LogP contribution in [0.15, 0.2) is 41.5 Å². The van der Waals surface area contributed by atoms with Gasteiger partial charge in [-0.15, -0.1) is 0 Å². The maximum Gasteiger partial charge on any atom is 0.253 e. The molecule has 0 aliphatic heterocycles. The van der Waals surface area contributed by atoms with Crippen LogP contribution < -0.4 is 5.32 Å². The van der Waals surface area contributed by atoms with Crippen LogP contribution >= 0.6 is 27.5 Å². The van der Waals surface area contributed by atoms with Gasteiger partial charge in [-0.3, -0.25) is 4.79 Å². The summed E-state index contributed by atoms with van der Waals surface area (Å²) in [5.41, 5.74) is 0.503. The number of pyridine rings is 1. The van der Waals surface area contributed by atoms with Gasteiger partial charge in [0.1, 0.15) is 5.15 Å². The molecule has 0 spiro atoms. The maximum absolute atomic E-state index is 12.0. The van der Waals surface area contributed by atoms with Gasteiger partial charge in [-0.2, -0.15) is 0 Å². The molecule has 2 rings (SSSR count). The summed E-state index contributed by atoms with van der Waals surface area (Å²) in [6, 6.07) is 7.41. The number of halogens is 2. The summed E-state index contributed by atoms with van der Waals surface area (Å²) in [6.45, 7) is 4.03. The van der Waals surface area contributed by atoms with Crippen LogP contribution in [-0.4, -0.2) is 17.4 Å². The molecule has 1 amide bonds. The van der Waals surface area contributed by atoms with E-state index in [2.05, 4.69) is 32.8 Å². The number of benzene rings is 1. The van der Waals surface area contributed by atoms with E-state index >= 15 is 0 Å². The van der Waals surface area contributed by atoms with Gasteiger partial charge in [0.25, 0.3) is 5.91 Å². The largest absolute Gasteiger partial charge is 0.347 e. The standard InChI is InChI=1S/C13H10BrClN2O/c1-8(14)6-17-13(18)11-7-16-12(15)10-5-3-2-4-9(10)11/h2-5,7H,1,6H2,(H,17,18). The van der Waals surface area contributed by atoms with Crippen LogP contribution in [0.3, 0.4) is 0 Å². The molecule has 18 heavy (non-hydrogen) atoms. The summed E-state index contributed by atoms with van der Waals surface area (Å²) in [7, 11) is 0. The van der Waals surface area contributed by atoms with Crippen LogP contribution in [0.4, 0.5) is 0 Å². The van der Waals surface area contributed by atoms with Crippen molar-refractivity contribution in [3.05, 3.63) is 52.2 Å². The SMILES string of the molecule is C=C(Br)CNC(=O)c1cnc(Cl)c2ccccc12. The topological polar surface area (TPSA) is 42.0 Å². The van der Waals surface area contributed by atoms with Gasteiger partial charge < -0.3 is 5.32 Å². The van der Waals surface area contributed by atoms with Crippen molar-refractivity contribution in [2.45, 2.75) is 0 Å². The molecule has 1 N–H and O–H groups in total. The molecule has 0 atom stereocenters. The molecule has 0 aliphatic rings. The van der Waals surface area contributed by atoms with Crippen LogP contribution in [0.2, 0.25) is 5.15 Å². The Labute approximate surface area is 118 Å². The van der Waals surface area contributed by atoms with E-state index in [0.717, 1.165) is 10.8 Å². The summed E-state index contributed by atoms with van der Waals surface area (Å²) in [4.78, 5) is 16.0. The molecule has 0 saturated carbocycles. The van der Waals surface area contributed by atoms with Crippen molar-refractivity contribution in [3.63, 3.8) is 0 Å². The number of nitrogens with one attached hydrogen (secondary N) is 1. The monoisotopic (exact) mass is 324 g/mol. The lowest BCUT2D eigenvalue weighted by Crippen LogP contribution is -2.24. The number of nitrogens with zero attached hydrogens (tertiary/aromatic N) is 1. The minimum atomic E-state index is -0.198. The van der Waals surface area contributed by atoms with E-state index in [4.69, 9.17) is 11.6 Å². The van der Waals surface area contributed by atoms with E-state index < -0.39 is 0 Å². The Hall–Kier alpha value is -1.39. The lowest BCUT2D eigenvalue weighted by Gasteiger charge is -2.07. The highest BCUT2D eigenvalue weighted by molar-refractivity contribution is 9.11. The molecule has 92 valence electrons. The van der Waals surface area contributed by atoms with Crippen molar-refractivity contribution >= 4 is 44.2 Å². The van der Waals surface area contributed by atoms with E-state index in [1.807, 2.05) is 24.3 Å². The average Bonchev–Trinajstić information content (AvgIpc) is 2.37. The smallest absolute Gasteiger partial charge is 0.253 e. The van der Waals surface area contributed by atoms with Crippen molar-refractivity contribution in [2.75, 3.05) is 6.54 Å². The predicted molar refractivity (Wildman–Crippen MR) is 77.2 cm³/mol. The summed E-state index contributed by atoms with van der Waals surface area (Å²) >= 11 is 9.19. The van der Waals surface area contributed by atoms with Crippen molar-refractivity contribution in [2.24, 2.45) is 0 Å². The van der Waals surface area contributed by atoms with Gasteiger partial charge in [-0.25, -0.2) is 4.98 Å². The highest BCUT2D eigenvalue weighted by Crippen LogP contribution is 2.24. The van der Waals surface area contributed by atoms with Crippen LogP contribution in [0.1, 0.15) is 10.4 Å². The first kappa shape index (κ1) is 13.1. The van der Waals surface area contributed by atoms with Crippen LogP contribution in [0.25, 0.3) is 10.8 Å². The fourth-order valence-corrected chi connectivity index (χ4v) is 1.96. The Balaban J connectivity index is 2.42. The Kier molecular flexibility index (Phi) is 3.99.